The zero-order valence-corrected chi connectivity index (χ0v) is 19.0. The van der Waals surface area contributed by atoms with Crippen molar-refractivity contribution in [2.24, 2.45) is 5.92 Å². The average Bonchev–Trinajstić information content (AvgIpc) is 2.70. The predicted molar refractivity (Wildman–Crippen MR) is 121 cm³/mol. The number of non-ortho nitro benzene ring substituents is 1. The van der Waals surface area contributed by atoms with Crippen molar-refractivity contribution >= 4 is 27.3 Å². The summed E-state index contributed by atoms with van der Waals surface area (Å²) in [5.41, 5.74) is 0.767. The molecule has 168 valence electrons. The Morgan fingerprint density at radius 3 is 2.29 bits per heavy atom. The molecule has 0 heterocycles. The Bertz CT molecular complexity index is 1010. The molecule has 2 aromatic rings. The summed E-state index contributed by atoms with van der Waals surface area (Å²) in [7, 11) is -3.89. The van der Waals surface area contributed by atoms with Crippen LogP contribution in [0.5, 0.6) is 0 Å². The Morgan fingerprint density at radius 2 is 1.77 bits per heavy atom. The van der Waals surface area contributed by atoms with Crippen molar-refractivity contribution < 1.29 is 18.1 Å². The van der Waals surface area contributed by atoms with E-state index in [1.54, 1.807) is 6.92 Å². The van der Waals surface area contributed by atoms with Gasteiger partial charge in [-0.05, 0) is 30.4 Å². The summed E-state index contributed by atoms with van der Waals surface area (Å²) in [6.45, 7) is 5.80. The lowest BCUT2D eigenvalue weighted by Crippen LogP contribution is -2.50. The molecular formula is C22H29N3O5S. The first kappa shape index (κ1) is 24.3. The quantitative estimate of drug-likeness (QED) is 0.437. The van der Waals surface area contributed by atoms with E-state index in [2.05, 4.69) is 5.32 Å². The van der Waals surface area contributed by atoms with E-state index in [0.717, 1.165) is 16.1 Å². The van der Waals surface area contributed by atoms with Crippen molar-refractivity contribution in [3.8, 4) is 0 Å². The molecule has 0 aliphatic carbocycles. The van der Waals surface area contributed by atoms with Gasteiger partial charge in [0.1, 0.15) is 6.04 Å². The van der Waals surface area contributed by atoms with Crippen molar-refractivity contribution in [3.05, 3.63) is 70.3 Å². The van der Waals surface area contributed by atoms with E-state index in [1.807, 2.05) is 44.2 Å². The number of nitro groups is 1. The van der Waals surface area contributed by atoms with E-state index in [0.29, 0.717) is 12.3 Å². The number of carbonyl (C=O) groups is 1. The molecule has 0 saturated heterocycles. The maximum atomic E-state index is 13.3. The van der Waals surface area contributed by atoms with E-state index >= 15 is 0 Å². The molecule has 1 amide bonds. The van der Waals surface area contributed by atoms with E-state index in [-0.39, 0.29) is 23.8 Å². The number of rotatable bonds is 10. The molecule has 2 aromatic carbocycles. The van der Waals surface area contributed by atoms with Crippen LogP contribution >= 0.6 is 0 Å². The minimum absolute atomic E-state index is 0.0822. The molecule has 2 atom stereocenters. The highest BCUT2D eigenvalue weighted by atomic mass is 32.2. The number of anilines is 1. The standard InChI is InChI=1S/C22H29N3O5S/c1-5-21(22(26)23-20(14-16(2)3)17-10-7-6-8-11-17)24(31(4,29)30)18-12-9-13-19(15-18)25(27)28/h6-13,15-16,20-21H,5,14H2,1-4H3,(H,23,26)/t20-,21-/m0/s1. The lowest BCUT2D eigenvalue weighted by molar-refractivity contribution is -0.384. The van der Waals surface area contributed by atoms with Crippen LogP contribution in [-0.2, 0) is 14.8 Å². The van der Waals surface area contributed by atoms with Gasteiger partial charge in [0.05, 0.1) is 22.9 Å². The van der Waals surface area contributed by atoms with Gasteiger partial charge in [-0.1, -0.05) is 57.2 Å². The van der Waals surface area contributed by atoms with Crippen LogP contribution in [0.3, 0.4) is 0 Å². The molecule has 0 unspecified atom stereocenters. The van der Waals surface area contributed by atoms with Gasteiger partial charge in [-0.2, -0.15) is 0 Å². The number of sulfonamides is 1. The molecule has 9 heteroatoms. The molecule has 8 nitrogen and oxygen atoms in total. The minimum Gasteiger partial charge on any atom is -0.347 e. The smallest absolute Gasteiger partial charge is 0.271 e. The number of nitrogens with one attached hydrogen (secondary N) is 1. The summed E-state index contributed by atoms with van der Waals surface area (Å²) in [5, 5.41) is 14.2. The fraction of sp³-hybridized carbons (Fsp3) is 0.409. The van der Waals surface area contributed by atoms with Crippen molar-refractivity contribution in [3.63, 3.8) is 0 Å². The van der Waals surface area contributed by atoms with Crippen LogP contribution in [0, 0.1) is 16.0 Å². The molecule has 0 fully saturated rings. The van der Waals surface area contributed by atoms with Crippen LogP contribution in [0.4, 0.5) is 11.4 Å². The molecule has 0 aliphatic rings. The molecule has 0 aliphatic heterocycles. The van der Waals surface area contributed by atoms with Crippen LogP contribution in [0.2, 0.25) is 0 Å². The molecule has 1 N–H and O–H groups in total. The Hall–Kier alpha value is -2.94. The van der Waals surface area contributed by atoms with E-state index in [1.165, 1.54) is 24.3 Å². The van der Waals surface area contributed by atoms with E-state index in [9.17, 15) is 23.3 Å². The second kappa shape index (κ2) is 10.4. The third-order valence-electron chi connectivity index (χ3n) is 4.85. The number of amides is 1. The second-order valence-electron chi connectivity index (χ2n) is 7.86. The van der Waals surface area contributed by atoms with E-state index in [4.69, 9.17) is 0 Å². The number of carbonyl (C=O) groups excluding carboxylic acids is 1. The highest BCUT2D eigenvalue weighted by Crippen LogP contribution is 2.28. The molecule has 0 saturated carbocycles. The summed E-state index contributed by atoms with van der Waals surface area (Å²) < 4.78 is 26.2. The lowest BCUT2D eigenvalue weighted by atomic mass is 9.96. The summed E-state index contributed by atoms with van der Waals surface area (Å²) >= 11 is 0. The van der Waals surface area contributed by atoms with Gasteiger partial charge in [-0.15, -0.1) is 0 Å². The Balaban J connectivity index is 2.42. The third kappa shape index (κ3) is 6.52. The average molecular weight is 448 g/mol. The molecular weight excluding hydrogens is 418 g/mol. The lowest BCUT2D eigenvalue weighted by Gasteiger charge is -2.32. The number of nitrogens with zero attached hydrogens (tertiary/aromatic N) is 2. The Morgan fingerprint density at radius 1 is 1.13 bits per heavy atom. The summed E-state index contributed by atoms with van der Waals surface area (Å²) in [6.07, 6.45) is 1.87. The fourth-order valence-corrected chi connectivity index (χ4v) is 4.71. The number of nitro benzene ring substituents is 1. The Labute approximate surface area is 183 Å². The summed E-state index contributed by atoms with van der Waals surface area (Å²) in [4.78, 5) is 23.8. The van der Waals surface area contributed by atoms with Crippen molar-refractivity contribution in [2.75, 3.05) is 10.6 Å². The van der Waals surface area contributed by atoms with Crippen LogP contribution in [0.15, 0.2) is 54.6 Å². The van der Waals surface area contributed by atoms with Crippen molar-refractivity contribution in [2.45, 2.75) is 45.7 Å². The Kier molecular flexibility index (Phi) is 8.15. The minimum atomic E-state index is -3.89. The first-order valence-electron chi connectivity index (χ1n) is 10.1. The SMILES string of the molecule is CC[C@@H](C(=O)N[C@@H](CC(C)C)c1ccccc1)N(c1cccc([N+](=O)[O-])c1)S(C)(=O)=O. The van der Waals surface area contributed by atoms with Gasteiger partial charge in [0.2, 0.25) is 15.9 Å². The molecule has 31 heavy (non-hydrogen) atoms. The van der Waals surface area contributed by atoms with Gasteiger partial charge in [0.25, 0.3) is 5.69 Å². The van der Waals surface area contributed by atoms with Crippen LogP contribution in [0.1, 0.15) is 45.2 Å². The third-order valence-corrected chi connectivity index (χ3v) is 6.03. The molecule has 0 spiro atoms. The first-order valence-corrected chi connectivity index (χ1v) is 12.0. The van der Waals surface area contributed by atoms with E-state index < -0.39 is 26.9 Å². The van der Waals surface area contributed by atoms with Crippen molar-refractivity contribution in [1.82, 2.24) is 5.32 Å². The second-order valence-corrected chi connectivity index (χ2v) is 9.72. The van der Waals surface area contributed by atoms with Gasteiger partial charge >= 0.3 is 0 Å². The van der Waals surface area contributed by atoms with Gasteiger partial charge in [-0.25, -0.2) is 8.42 Å². The number of benzene rings is 2. The van der Waals surface area contributed by atoms with Gasteiger partial charge in [0.15, 0.2) is 0 Å². The number of hydrogen-bond acceptors (Lipinski definition) is 5. The number of hydrogen-bond donors (Lipinski definition) is 1. The van der Waals surface area contributed by atoms with Crippen LogP contribution in [-0.4, -0.2) is 31.5 Å². The zero-order valence-electron chi connectivity index (χ0n) is 18.2. The monoisotopic (exact) mass is 447 g/mol. The molecule has 0 radical (unpaired) electrons. The fourth-order valence-electron chi connectivity index (χ4n) is 3.51. The predicted octanol–water partition coefficient (Wildman–Crippen LogP) is 4.04. The van der Waals surface area contributed by atoms with Crippen LogP contribution in [0.25, 0.3) is 0 Å². The molecule has 0 aromatic heterocycles. The summed E-state index contributed by atoms with van der Waals surface area (Å²) in [6, 6.07) is 13.5. The zero-order chi connectivity index (χ0) is 23.2. The van der Waals surface area contributed by atoms with Crippen molar-refractivity contribution in [1.29, 1.82) is 0 Å². The maximum Gasteiger partial charge on any atom is 0.271 e. The maximum absolute atomic E-state index is 13.3. The summed E-state index contributed by atoms with van der Waals surface area (Å²) in [5.74, 6) is -0.151. The molecule has 0 bridgehead atoms. The largest absolute Gasteiger partial charge is 0.347 e. The highest BCUT2D eigenvalue weighted by Gasteiger charge is 2.33. The molecule has 2 rings (SSSR count). The van der Waals surface area contributed by atoms with Crippen LogP contribution < -0.4 is 9.62 Å². The normalized spacial score (nSPS) is 13.5. The van der Waals surface area contributed by atoms with Gasteiger partial charge < -0.3 is 5.32 Å². The first-order chi connectivity index (χ1) is 14.5. The van der Waals surface area contributed by atoms with Gasteiger partial charge in [0, 0.05) is 12.1 Å². The van der Waals surface area contributed by atoms with Gasteiger partial charge in [-0.3, -0.25) is 19.2 Å². The topological polar surface area (TPSA) is 110 Å². The highest BCUT2D eigenvalue weighted by molar-refractivity contribution is 7.92.